The third kappa shape index (κ3) is 2.53. The minimum absolute atomic E-state index is 0.0800. The molecule has 0 fully saturated rings. The van der Waals surface area contributed by atoms with Crippen LogP contribution in [0.2, 0.25) is 5.02 Å². The van der Waals surface area contributed by atoms with Gasteiger partial charge in [0.15, 0.2) is 5.16 Å². The van der Waals surface area contributed by atoms with Crippen molar-refractivity contribution >= 4 is 23.4 Å². The van der Waals surface area contributed by atoms with Gasteiger partial charge in [0.25, 0.3) is 5.56 Å². The second-order valence-electron chi connectivity index (χ2n) is 3.72. The molecule has 0 radical (unpaired) electrons. The fourth-order valence-corrected chi connectivity index (χ4v) is 2.22. The van der Waals surface area contributed by atoms with Crippen LogP contribution >= 0.6 is 23.4 Å². The number of H-pyrrole nitrogens is 1. The summed E-state index contributed by atoms with van der Waals surface area (Å²) in [5, 5.41) is 18.6. The first-order valence-electron chi connectivity index (χ1n) is 5.39. The van der Waals surface area contributed by atoms with Gasteiger partial charge in [0.05, 0.1) is 16.3 Å². The Kier molecular flexibility index (Phi) is 4.09. The summed E-state index contributed by atoms with van der Waals surface area (Å²) in [4.78, 5) is 18.6. The molecule has 0 aliphatic rings. The van der Waals surface area contributed by atoms with E-state index in [1.54, 1.807) is 12.3 Å². The first kappa shape index (κ1) is 14.1. The van der Waals surface area contributed by atoms with Crippen molar-refractivity contribution in [3.63, 3.8) is 0 Å². The Labute approximate surface area is 123 Å². The van der Waals surface area contributed by atoms with Gasteiger partial charge in [0, 0.05) is 5.56 Å². The van der Waals surface area contributed by atoms with Crippen molar-refractivity contribution < 1.29 is 0 Å². The molecule has 0 spiro atoms. The lowest BCUT2D eigenvalue weighted by Gasteiger charge is -2.06. The SMILES string of the molecule is CSc1nc(-c2ccc(C#N)c(Cl)c2)c(C#N)c(=O)[nH]1. The highest BCUT2D eigenvalue weighted by Crippen LogP contribution is 2.26. The van der Waals surface area contributed by atoms with Crippen molar-refractivity contribution in [2.45, 2.75) is 5.16 Å². The smallest absolute Gasteiger partial charge is 0.270 e. The highest BCUT2D eigenvalue weighted by atomic mass is 35.5. The number of aromatic amines is 1. The van der Waals surface area contributed by atoms with Crippen LogP contribution in [0.4, 0.5) is 0 Å². The molecule has 0 saturated carbocycles. The monoisotopic (exact) mass is 302 g/mol. The molecular formula is C13H7ClN4OS. The predicted octanol–water partition coefficient (Wildman–Crippen LogP) is 2.56. The van der Waals surface area contributed by atoms with Gasteiger partial charge in [-0.25, -0.2) is 4.98 Å². The van der Waals surface area contributed by atoms with E-state index in [2.05, 4.69) is 9.97 Å². The maximum atomic E-state index is 11.8. The highest BCUT2D eigenvalue weighted by Gasteiger charge is 2.14. The van der Waals surface area contributed by atoms with Gasteiger partial charge in [-0.2, -0.15) is 10.5 Å². The molecule has 1 aromatic carbocycles. The van der Waals surface area contributed by atoms with E-state index < -0.39 is 5.56 Å². The average molecular weight is 303 g/mol. The Bertz CT molecular complexity index is 817. The maximum Gasteiger partial charge on any atom is 0.270 e. The van der Waals surface area contributed by atoms with Gasteiger partial charge in [-0.05, 0) is 18.4 Å². The number of nitrogens with zero attached hydrogens (tertiary/aromatic N) is 3. The third-order valence-electron chi connectivity index (χ3n) is 2.57. The molecule has 1 heterocycles. The van der Waals surface area contributed by atoms with E-state index >= 15 is 0 Å². The van der Waals surface area contributed by atoms with Crippen molar-refractivity contribution in [1.29, 1.82) is 10.5 Å². The topological polar surface area (TPSA) is 93.3 Å². The molecule has 7 heteroatoms. The van der Waals surface area contributed by atoms with E-state index in [9.17, 15) is 4.79 Å². The first-order valence-corrected chi connectivity index (χ1v) is 6.99. The zero-order chi connectivity index (χ0) is 14.7. The first-order chi connectivity index (χ1) is 9.60. The maximum absolute atomic E-state index is 11.8. The molecule has 0 atom stereocenters. The van der Waals surface area contributed by atoms with Crippen molar-refractivity contribution in [1.82, 2.24) is 9.97 Å². The largest absolute Gasteiger partial charge is 0.300 e. The van der Waals surface area contributed by atoms with E-state index in [-0.39, 0.29) is 16.3 Å². The van der Waals surface area contributed by atoms with E-state index in [0.717, 1.165) is 0 Å². The molecule has 20 heavy (non-hydrogen) atoms. The van der Waals surface area contributed by atoms with Crippen LogP contribution in [0.1, 0.15) is 11.1 Å². The minimum Gasteiger partial charge on any atom is -0.300 e. The third-order valence-corrected chi connectivity index (χ3v) is 3.46. The predicted molar refractivity (Wildman–Crippen MR) is 76.5 cm³/mol. The van der Waals surface area contributed by atoms with Gasteiger partial charge >= 0.3 is 0 Å². The Balaban J connectivity index is 2.72. The normalized spacial score (nSPS) is 9.80. The van der Waals surface area contributed by atoms with E-state index in [4.69, 9.17) is 22.1 Å². The molecule has 5 nitrogen and oxygen atoms in total. The summed E-state index contributed by atoms with van der Waals surface area (Å²) in [6, 6.07) is 8.44. The number of nitrogens with one attached hydrogen (secondary N) is 1. The molecule has 2 aromatic rings. The highest BCUT2D eigenvalue weighted by molar-refractivity contribution is 7.98. The standard InChI is InChI=1S/C13H7ClN4OS/c1-20-13-17-11(9(6-16)12(19)18-13)7-2-3-8(5-15)10(14)4-7/h2-4H,1H3,(H,17,18,19). The summed E-state index contributed by atoms with van der Waals surface area (Å²) in [5.74, 6) is 0. The molecule has 0 saturated heterocycles. The Hall–Kier alpha value is -2.28. The van der Waals surface area contributed by atoms with Crippen molar-refractivity contribution in [3.05, 3.63) is 44.7 Å². The number of rotatable bonds is 2. The number of hydrogen-bond acceptors (Lipinski definition) is 5. The van der Waals surface area contributed by atoms with Crippen molar-refractivity contribution in [2.75, 3.05) is 6.26 Å². The minimum atomic E-state index is -0.498. The second kappa shape index (κ2) is 5.79. The number of nitriles is 2. The Morgan fingerprint density at radius 2 is 2.10 bits per heavy atom. The number of halogens is 1. The Morgan fingerprint density at radius 1 is 1.35 bits per heavy atom. The lowest BCUT2D eigenvalue weighted by atomic mass is 10.1. The van der Waals surface area contributed by atoms with Crippen LogP contribution in [0.15, 0.2) is 28.2 Å². The summed E-state index contributed by atoms with van der Waals surface area (Å²) in [7, 11) is 0. The number of aromatic nitrogens is 2. The van der Waals surface area contributed by atoms with Crippen LogP contribution in [-0.2, 0) is 0 Å². The summed E-state index contributed by atoms with van der Waals surface area (Å²) >= 11 is 7.23. The molecule has 2 rings (SSSR count). The summed E-state index contributed by atoms with van der Waals surface area (Å²) < 4.78 is 0. The Morgan fingerprint density at radius 3 is 2.65 bits per heavy atom. The second-order valence-corrected chi connectivity index (χ2v) is 4.92. The molecule has 0 unspecified atom stereocenters. The van der Waals surface area contributed by atoms with E-state index in [0.29, 0.717) is 16.3 Å². The summed E-state index contributed by atoms with van der Waals surface area (Å²) in [6.45, 7) is 0. The zero-order valence-corrected chi connectivity index (χ0v) is 11.8. The quantitative estimate of drug-likeness (QED) is 0.679. The molecule has 1 aromatic heterocycles. The van der Waals surface area contributed by atoms with Crippen LogP contribution < -0.4 is 5.56 Å². The van der Waals surface area contributed by atoms with Crippen LogP contribution in [0.3, 0.4) is 0 Å². The summed E-state index contributed by atoms with van der Waals surface area (Å²) in [5.41, 5.74) is 0.522. The van der Waals surface area contributed by atoms with E-state index in [1.807, 2.05) is 12.1 Å². The van der Waals surface area contributed by atoms with Crippen molar-refractivity contribution in [3.8, 4) is 23.4 Å². The molecule has 98 valence electrons. The molecule has 0 aliphatic heterocycles. The van der Waals surface area contributed by atoms with Gasteiger partial charge in [0.2, 0.25) is 0 Å². The fourth-order valence-electron chi connectivity index (χ4n) is 1.61. The summed E-state index contributed by atoms with van der Waals surface area (Å²) in [6.07, 6.45) is 1.76. The lowest BCUT2D eigenvalue weighted by Crippen LogP contribution is -2.14. The number of benzene rings is 1. The lowest BCUT2D eigenvalue weighted by molar-refractivity contribution is 0.937. The van der Waals surface area contributed by atoms with Gasteiger partial charge in [-0.3, -0.25) is 4.79 Å². The molecule has 0 amide bonds. The van der Waals surface area contributed by atoms with Gasteiger partial charge in [0.1, 0.15) is 17.7 Å². The van der Waals surface area contributed by atoms with Crippen LogP contribution in [0, 0.1) is 22.7 Å². The average Bonchev–Trinajstić information content (AvgIpc) is 2.46. The zero-order valence-electron chi connectivity index (χ0n) is 10.3. The molecule has 1 N–H and O–H groups in total. The van der Waals surface area contributed by atoms with Crippen LogP contribution in [-0.4, -0.2) is 16.2 Å². The van der Waals surface area contributed by atoms with Gasteiger partial charge < -0.3 is 4.98 Å². The molecule has 0 bridgehead atoms. The fraction of sp³-hybridized carbons (Fsp3) is 0.0769. The van der Waals surface area contributed by atoms with Gasteiger partial charge in [-0.1, -0.05) is 29.4 Å². The van der Waals surface area contributed by atoms with Crippen LogP contribution in [0.25, 0.3) is 11.3 Å². The number of thioether (sulfide) groups is 1. The van der Waals surface area contributed by atoms with Crippen molar-refractivity contribution in [2.24, 2.45) is 0 Å². The molecular weight excluding hydrogens is 296 g/mol. The van der Waals surface area contributed by atoms with Gasteiger partial charge in [-0.15, -0.1) is 0 Å². The molecule has 0 aliphatic carbocycles. The van der Waals surface area contributed by atoms with Crippen LogP contribution in [0.5, 0.6) is 0 Å². The number of hydrogen-bond donors (Lipinski definition) is 1. The van der Waals surface area contributed by atoms with E-state index in [1.165, 1.54) is 23.9 Å².